The second kappa shape index (κ2) is 12.0. The van der Waals surface area contributed by atoms with Crippen LogP contribution in [0.15, 0.2) is 0 Å². The van der Waals surface area contributed by atoms with Crippen molar-refractivity contribution in [3.05, 3.63) is 0 Å². The highest BCUT2D eigenvalue weighted by Crippen LogP contribution is 1.95. The van der Waals surface area contributed by atoms with Crippen molar-refractivity contribution >= 4 is 30.8 Å². The van der Waals surface area contributed by atoms with E-state index < -0.39 is 0 Å². The van der Waals surface area contributed by atoms with Gasteiger partial charge in [0, 0.05) is 19.0 Å². The van der Waals surface area contributed by atoms with Gasteiger partial charge in [0.2, 0.25) is 0 Å². The Hall–Kier alpha value is -0.0300. The number of nitrogens with two attached hydrogens (primary N) is 2. The molecule has 0 aromatic carbocycles. The summed E-state index contributed by atoms with van der Waals surface area (Å²) in [7, 11) is 0. The van der Waals surface area contributed by atoms with E-state index in [0.29, 0.717) is 26.0 Å². The predicted octanol–water partition coefficient (Wildman–Crippen LogP) is 0.459. The van der Waals surface area contributed by atoms with Gasteiger partial charge in [-0.25, -0.2) is 0 Å². The first-order valence-corrected chi connectivity index (χ1v) is 3.82. The number of carbonyl (C=O) groups is 1. The summed E-state index contributed by atoms with van der Waals surface area (Å²) in [5, 5.41) is 0. The molecule has 82 valence electrons. The summed E-state index contributed by atoms with van der Waals surface area (Å²) in [5.41, 5.74) is 10.7. The average Bonchev–Trinajstić information content (AvgIpc) is 2.01. The van der Waals surface area contributed by atoms with Crippen molar-refractivity contribution < 1.29 is 9.53 Å². The summed E-state index contributed by atoms with van der Waals surface area (Å²) in [5.74, 6) is -0.198. The molecule has 0 saturated carbocycles. The lowest BCUT2D eigenvalue weighted by Gasteiger charge is -2.06. The third kappa shape index (κ3) is 12.0. The van der Waals surface area contributed by atoms with Crippen LogP contribution in [-0.4, -0.2) is 25.2 Å². The Morgan fingerprint density at radius 2 is 2.00 bits per heavy atom. The minimum Gasteiger partial charge on any atom is -0.466 e. The smallest absolute Gasteiger partial charge is 0.305 e. The fourth-order valence-corrected chi connectivity index (χ4v) is 0.654. The van der Waals surface area contributed by atoms with Crippen LogP contribution in [0.1, 0.15) is 19.8 Å². The maximum Gasteiger partial charge on any atom is 0.305 e. The molecule has 0 spiro atoms. The Morgan fingerprint density at radius 1 is 1.46 bits per heavy atom. The summed E-state index contributed by atoms with van der Waals surface area (Å²) in [6, 6.07) is -0.0839. The van der Waals surface area contributed by atoms with E-state index in [-0.39, 0.29) is 36.8 Å². The molecule has 0 heterocycles. The molecule has 0 radical (unpaired) electrons. The standard InChI is InChI=1S/C7H16N2O2.2ClH/c1-2-11-7(10)4-3-6(9)5-8;;/h6H,2-5,8-9H2,1H3;2*1H. The quantitative estimate of drug-likeness (QED) is 0.676. The van der Waals surface area contributed by atoms with Crippen LogP contribution in [0.2, 0.25) is 0 Å². The monoisotopic (exact) mass is 232 g/mol. The van der Waals surface area contributed by atoms with E-state index in [0.717, 1.165) is 0 Å². The minimum absolute atomic E-state index is 0. The van der Waals surface area contributed by atoms with Crippen LogP contribution in [0.5, 0.6) is 0 Å². The number of esters is 1. The van der Waals surface area contributed by atoms with Gasteiger partial charge in [0.15, 0.2) is 0 Å². The van der Waals surface area contributed by atoms with Crippen molar-refractivity contribution in [3.63, 3.8) is 0 Å². The van der Waals surface area contributed by atoms with E-state index in [1.54, 1.807) is 6.92 Å². The third-order valence-electron chi connectivity index (χ3n) is 1.33. The van der Waals surface area contributed by atoms with Crippen molar-refractivity contribution in [1.82, 2.24) is 0 Å². The molecule has 0 aliphatic heterocycles. The van der Waals surface area contributed by atoms with Gasteiger partial charge in [-0.15, -0.1) is 24.8 Å². The van der Waals surface area contributed by atoms with Gasteiger partial charge in [-0.05, 0) is 13.3 Å². The molecule has 4 nitrogen and oxygen atoms in total. The predicted molar refractivity (Wildman–Crippen MR) is 57.4 cm³/mol. The van der Waals surface area contributed by atoms with Crippen LogP contribution in [0, 0.1) is 0 Å². The highest BCUT2D eigenvalue weighted by Gasteiger charge is 2.04. The van der Waals surface area contributed by atoms with E-state index in [9.17, 15) is 4.79 Å². The molecule has 0 rings (SSSR count). The zero-order chi connectivity index (χ0) is 8.69. The molecule has 0 aliphatic rings. The molecule has 1 unspecified atom stereocenters. The number of halogens is 2. The van der Waals surface area contributed by atoms with Gasteiger partial charge in [-0.1, -0.05) is 0 Å². The molecule has 0 aromatic heterocycles. The zero-order valence-electron chi connectivity index (χ0n) is 7.69. The Balaban J connectivity index is -0.000000500. The Bertz CT molecular complexity index is 125. The number of rotatable bonds is 5. The van der Waals surface area contributed by atoms with Crippen LogP contribution in [0.3, 0.4) is 0 Å². The van der Waals surface area contributed by atoms with Crippen molar-refractivity contribution in [2.45, 2.75) is 25.8 Å². The molecule has 1 atom stereocenters. The number of hydrogen-bond donors (Lipinski definition) is 2. The highest BCUT2D eigenvalue weighted by atomic mass is 35.5. The molecular weight excluding hydrogens is 215 g/mol. The largest absolute Gasteiger partial charge is 0.466 e. The second-order valence-electron chi connectivity index (χ2n) is 2.34. The number of hydrogen-bond acceptors (Lipinski definition) is 4. The maximum absolute atomic E-state index is 10.7. The average molecular weight is 233 g/mol. The van der Waals surface area contributed by atoms with Gasteiger partial charge in [-0.2, -0.15) is 0 Å². The summed E-state index contributed by atoms with van der Waals surface area (Å²) in [6.07, 6.45) is 0.974. The fraction of sp³-hybridized carbons (Fsp3) is 0.857. The molecule has 4 N–H and O–H groups in total. The summed E-state index contributed by atoms with van der Waals surface area (Å²) >= 11 is 0. The third-order valence-corrected chi connectivity index (χ3v) is 1.33. The first-order chi connectivity index (χ1) is 5.20. The minimum atomic E-state index is -0.198. The van der Waals surface area contributed by atoms with Crippen molar-refractivity contribution in [2.24, 2.45) is 11.5 Å². The molecule has 0 amide bonds. The molecule has 0 fully saturated rings. The summed E-state index contributed by atoms with van der Waals surface area (Å²) in [6.45, 7) is 2.62. The van der Waals surface area contributed by atoms with Gasteiger partial charge >= 0.3 is 5.97 Å². The maximum atomic E-state index is 10.7. The first kappa shape index (κ1) is 18.7. The van der Waals surface area contributed by atoms with Crippen molar-refractivity contribution in [1.29, 1.82) is 0 Å². The second-order valence-corrected chi connectivity index (χ2v) is 2.34. The molecule has 0 aromatic rings. The van der Waals surface area contributed by atoms with E-state index in [1.165, 1.54) is 0 Å². The van der Waals surface area contributed by atoms with E-state index >= 15 is 0 Å². The summed E-state index contributed by atoms with van der Waals surface area (Å²) in [4.78, 5) is 10.7. The van der Waals surface area contributed by atoms with Crippen LogP contribution >= 0.6 is 24.8 Å². The first-order valence-electron chi connectivity index (χ1n) is 3.82. The van der Waals surface area contributed by atoms with E-state index in [4.69, 9.17) is 16.2 Å². The van der Waals surface area contributed by atoms with Gasteiger partial charge in [0.1, 0.15) is 0 Å². The van der Waals surface area contributed by atoms with Crippen molar-refractivity contribution in [3.8, 4) is 0 Å². The van der Waals surface area contributed by atoms with Gasteiger partial charge in [-0.3, -0.25) is 4.79 Å². The summed E-state index contributed by atoms with van der Waals surface area (Å²) < 4.78 is 4.70. The number of ether oxygens (including phenoxy) is 1. The lowest BCUT2D eigenvalue weighted by Crippen LogP contribution is -2.30. The van der Waals surface area contributed by atoms with Crippen LogP contribution in [0.25, 0.3) is 0 Å². The molecule has 13 heavy (non-hydrogen) atoms. The number of carbonyl (C=O) groups excluding carboxylic acids is 1. The highest BCUT2D eigenvalue weighted by molar-refractivity contribution is 5.85. The lowest BCUT2D eigenvalue weighted by atomic mass is 10.2. The lowest BCUT2D eigenvalue weighted by molar-refractivity contribution is -0.143. The molecular formula is C7H18Cl2N2O2. The van der Waals surface area contributed by atoms with Crippen molar-refractivity contribution in [2.75, 3.05) is 13.2 Å². The normalized spacial score (nSPS) is 10.7. The van der Waals surface area contributed by atoms with E-state index in [1.807, 2.05) is 0 Å². The Labute approximate surface area is 91.2 Å². The van der Waals surface area contributed by atoms with Gasteiger partial charge < -0.3 is 16.2 Å². The van der Waals surface area contributed by atoms with Gasteiger partial charge in [0.05, 0.1) is 6.61 Å². The fourth-order valence-electron chi connectivity index (χ4n) is 0.654. The Morgan fingerprint density at radius 3 is 2.38 bits per heavy atom. The molecule has 0 bridgehead atoms. The topological polar surface area (TPSA) is 78.3 Å². The molecule has 6 heteroatoms. The van der Waals surface area contributed by atoms with E-state index in [2.05, 4.69) is 0 Å². The van der Waals surface area contributed by atoms with Crippen LogP contribution in [0.4, 0.5) is 0 Å². The molecule has 0 aliphatic carbocycles. The van der Waals surface area contributed by atoms with Crippen LogP contribution in [-0.2, 0) is 9.53 Å². The molecule has 0 saturated heterocycles. The SMILES string of the molecule is CCOC(=O)CCC(N)CN.Cl.Cl. The zero-order valence-corrected chi connectivity index (χ0v) is 9.33. The van der Waals surface area contributed by atoms with Crippen LogP contribution < -0.4 is 11.5 Å². The Kier molecular flexibility index (Phi) is 17.2. The van der Waals surface area contributed by atoms with Gasteiger partial charge in [0.25, 0.3) is 0 Å².